The molecule has 0 aliphatic carbocycles. The Morgan fingerprint density at radius 1 is 1.15 bits per heavy atom. The first-order chi connectivity index (χ1) is 9.66. The van der Waals surface area contributed by atoms with E-state index in [-0.39, 0.29) is 6.04 Å². The van der Waals surface area contributed by atoms with Gasteiger partial charge in [0.25, 0.3) is 0 Å². The van der Waals surface area contributed by atoms with Gasteiger partial charge < -0.3 is 5.73 Å². The zero-order chi connectivity index (χ0) is 14.1. The molecule has 0 aliphatic rings. The molecular formula is C16H12BrClN2. The molecule has 0 saturated carbocycles. The quantitative estimate of drug-likeness (QED) is 0.730. The van der Waals surface area contributed by atoms with Gasteiger partial charge in [0.2, 0.25) is 0 Å². The molecule has 3 aromatic rings. The first-order valence-electron chi connectivity index (χ1n) is 6.20. The summed E-state index contributed by atoms with van der Waals surface area (Å²) in [7, 11) is 0. The van der Waals surface area contributed by atoms with E-state index in [1.54, 1.807) is 6.20 Å². The van der Waals surface area contributed by atoms with Crippen molar-refractivity contribution in [3.05, 3.63) is 75.5 Å². The molecule has 0 spiro atoms. The summed E-state index contributed by atoms with van der Waals surface area (Å²) in [6.45, 7) is 0. The summed E-state index contributed by atoms with van der Waals surface area (Å²) in [5.74, 6) is 0. The zero-order valence-electron chi connectivity index (χ0n) is 10.6. The summed E-state index contributed by atoms with van der Waals surface area (Å²) in [5, 5.41) is 2.90. The lowest BCUT2D eigenvalue weighted by Crippen LogP contribution is -2.12. The highest BCUT2D eigenvalue weighted by atomic mass is 79.9. The van der Waals surface area contributed by atoms with E-state index >= 15 is 0 Å². The Morgan fingerprint density at radius 2 is 2.00 bits per heavy atom. The molecule has 4 heteroatoms. The van der Waals surface area contributed by atoms with Crippen LogP contribution in [-0.4, -0.2) is 4.98 Å². The number of benzene rings is 2. The predicted molar refractivity (Wildman–Crippen MR) is 86.9 cm³/mol. The van der Waals surface area contributed by atoms with Crippen molar-refractivity contribution in [1.82, 2.24) is 4.98 Å². The number of nitrogens with two attached hydrogens (primary N) is 1. The highest BCUT2D eigenvalue weighted by Gasteiger charge is 2.13. The van der Waals surface area contributed by atoms with Crippen LogP contribution < -0.4 is 5.73 Å². The van der Waals surface area contributed by atoms with Gasteiger partial charge in [-0.05, 0) is 50.6 Å². The summed E-state index contributed by atoms with van der Waals surface area (Å²) in [6.07, 6.45) is 3.64. The van der Waals surface area contributed by atoms with Crippen LogP contribution in [0.25, 0.3) is 10.8 Å². The van der Waals surface area contributed by atoms with E-state index in [9.17, 15) is 0 Å². The van der Waals surface area contributed by atoms with Crippen molar-refractivity contribution in [2.24, 2.45) is 5.73 Å². The first-order valence-corrected chi connectivity index (χ1v) is 7.37. The number of rotatable bonds is 2. The predicted octanol–water partition coefficient (Wildman–Crippen LogP) is 4.70. The molecule has 0 saturated heterocycles. The summed E-state index contributed by atoms with van der Waals surface area (Å²) in [6, 6.07) is 13.7. The van der Waals surface area contributed by atoms with Gasteiger partial charge >= 0.3 is 0 Å². The third-order valence-electron chi connectivity index (χ3n) is 3.36. The van der Waals surface area contributed by atoms with Gasteiger partial charge in [-0.25, -0.2) is 0 Å². The van der Waals surface area contributed by atoms with Crippen molar-refractivity contribution in [2.45, 2.75) is 6.04 Å². The minimum Gasteiger partial charge on any atom is -0.320 e. The minimum absolute atomic E-state index is 0.212. The lowest BCUT2D eigenvalue weighted by Gasteiger charge is -2.15. The normalized spacial score (nSPS) is 12.6. The third kappa shape index (κ3) is 2.44. The second-order valence-electron chi connectivity index (χ2n) is 4.60. The maximum absolute atomic E-state index is 6.41. The highest BCUT2D eigenvalue weighted by molar-refractivity contribution is 9.10. The van der Waals surface area contributed by atoms with Crippen molar-refractivity contribution in [3.63, 3.8) is 0 Å². The third-order valence-corrected chi connectivity index (χ3v) is 4.57. The Kier molecular flexibility index (Phi) is 3.74. The number of hydrogen-bond donors (Lipinski definition) is 1. The van der Waals surface area contributed by atoms with E-state index in [2.05, 4.69) is 27.0 Å². The monoisotopic (exact) mass is 346 g/mol. The van der Waals surface area contributed by atoms with Crippen molar-refractivity contribution in [2.75, 3.05) is 0 Å². The summed E-state index contributed by atoms with van der Waals surface area (Å²) >= 11 is 9.47. The Hall–Kier alpha value is -1.42. The topological polar surface area (TPSA) is 38.9 Å². The number of nitrogens with zero attached hydrogens (tertiary/aromatic N) is 1. The van der Waals surface area contributed by atoms with Crippen molar-refractivity contribution >= 4 is 38.3 Å². The van der Waals surface area contributed by atoms with Gasteiger partial charge in [0.1, 0.15) is 0 Å². The molecule has 2 N–H and O–H groups in total. The minimum atomic E-state index is -0.212. The largest absolute Gasteiger partial charge is 0.320 e. The molecule has 0 radical (unpaired) electrons. The van der Waals surface area contributed by atoms with Crippen LogP contribution in [0.4, 0.5) is 0 Å². The summed E-state index contributed by atoms with van der Waals surface area (Å²) in [5.41, 5.74) is 8.48. The second-order valence-corrected chi connectivity index (χ2v) is 5.86. The van der Waals surface area contributed by atoms with Crippen LogP contribution in [0.1, 0.15) is 17.2 Å². The molecule has 1 heterocycles. The molecule has 1 aromatic heterocycles. The maximum atomic E-state index is 6.41. The Balaban J connectivity index is 2.12. The number of aromatic nitrogens is 1. The standard InChI is InChI=1S/C16H12BrClN2/c17-14-8-11(4-5-15(14)18)16(19)12-3-1-2-10-6-7-20-9-13(10)12/h1-9,16H,19H2. The number of fused-ring (bicyclic) bond motifs is 1. The van der Waals surface area contributed by atoms with E-state index in [0.717, 1.165) is 26.4 Å². The summed E-state index contributed by atoms with van der Waals surface area (Å²) < 4.78 is 0.852. The van der Waals surface area contributed by atoms with Crippen LogP contribution in [0.5, 0.6) is 0 Å². The molecule has 100 valence electrons. The second kappa shape index (κ2) is 5.52. The molecule has 0 aliphatic heterocycles. The Morgan fingerprint density at radius 3 is 2.80 bits per heavy atom. The van der Waals surface area contributed by atoms with Crippen molar-refractivity contribution in [3.8, 4) is 0 Å². The van der Waals surface area contributed by atoms with Gasteiger partial charge in [-0.1, -0.05) is 35.9 Å². The van der Waals surface area contributed by atoms with Gasteiger partial charge in [-0.15, -0.1) is 0 Å². The molecule has 2 aromatic carbocycles. The van der Waals surface area contributed by atoms with Gasteiger partial charge in [0.05, 0.1) is 11.1 Å². The number of halogens is 2. The molecule has 2 nitrogen and oxygen atoms in total. The molecule has 0 bridgehead atoms. The first kappa shape index (κ1) is 13.6. The fourth-order valence-electron chi connectivity index (χ4n) is 2.29. The van der Waals surface area contributed by atoms with E-state index in [4.69, 9.17) is 17.3 Å². The van der Waals surface area contributed by atoms with E-state index in [1.807, 2.05) is 42.6 Å². The molecular weight excluding hydrogens is 336 g/mol. The smallest absolute Gasteiger partial charge is 0.0558 e. The van der Waals surface area contributed by atoms with Gasteiger partial charge in [-0.2, -0.15) is 0 Å². The maximum Gasteiger partial charge on any atom is 0.0558 e. The highest BCUT2D eigenvalue weighted by Crippen LogP contribution is 2.30. The SMILES string of the molecule is NC(c1ccc(Cl)c(Br)c1)c1cccc2ccncc12. The van der Waals surface area contributed by atoms with Crippen molar-refractivity contribution < 1.29 is 0 Å². The van der Waals surface area contributed by atoms with E-state index < -0.39 is 0 Å². The van der Waals surface area contributed by atoms with Gasteiger partial charge in [0, 0.05) is 22.3 Å². The van der Waals surface area contributed by atoms with Gasteiger partial charge in [0.15, 0.2) is 0 Å². The van der Waals surface area contributed by atoms with Crippen LogP contribution in [-0.2, 0) is 0 Å². The fraction of sp³-hybridized carbons (Fsp3) is 0.0625. The van der Waals surface area contributed by atoms with E-state index in [0.29, 0.717) is 5.02 Å². The fourth-order valence-corrected chi connectivity index (χ4v) is 2.81. The lowest BCUT2D eigenvalue weighted by atomic mass is 9.95. The molecule has 0 amide bonds. The van der Waals surface area contributed by atoms with Crippen LogP contribution in [0, 0.1) is 0 Å². The van der Waals surface area contributed by atoms with E-state index in [1.165, 1.54) is 0 Å². The zero-order valence-corrected chi connectivity index (χ0v) is 12.9. The van der Waals surface area contributed by atoms with Crippen LogP contribution >= 0.6 is 27.5 Å². The average Bonchev–Trinajstić information content (AvgIpc) is 2.49. The van der Waals surface area contributed by atoms with Crippen LogP contribution in [0.15, 0.2) is 59.3 Å². The number of hydrogen-bond acceptors (Lipinski definition) is 2. The average molecular weight is 348 g/mol. The van der Waals surface area contributed by atoms with Crippen molar-refractivity contribution in [1.29, 1.82) is 0 Å². The Bertz CT molecular complexity index is 768. The lowest BCUT2D eigenvalue weighted by molar-refractivity contribution is 0.879. The van der Waals surface area contributed by atoms with Crippen LogP contribution in [0.2, 0.25) is 5.02 Å². The molecule has 20 heavy (non-hydrogen) atoms. The molecule has 1 atom stereocenters. The molecule has 0 fully saturated rings. The van der Waals surface area contributed by atoms with Gasteiger partial charge in [-0.3, -0.25) is 4.98 Å². The molecule has 3 rings (SSSR count). The Labute approximate surface area is 130 Å². The van der Waals surface area contributed by atoms with Crippen LogP contribution in [0.3, 0.4) is 0 Å². The summed E-state index contributed by atoms with van der Waals surface area (Å²) in [4.78, 5) is 4.20. The number of pyridine rings is 1. The molecule has 1 unspecified atom stereocenters.